The highest BCUT2D eigenvalue weighted by atomic mass is 32.2. The van der Waals surface area contributed by atoms with Gasteiger partial charge in [-0.3, -0.25) is 4.99 Å². The maximum Gasteiger partial charge on any atom is 0.193 e. The zero-order valence-corrected chi connectivity index (χ0v) is 14.0. The summed E-state index contributed by atoms with van der Waals surface area (Å²) in [5, 5.41) is 3.50. The Morgan fingerprint density at radius 3 is 3.04 bits per heavy atom. The van der Waals surface area contributed by atoms with E-state index in [-0.39, 0.29) is 0 Å². The third-order valence-electron chi connectivity index (χ3n) is 3.86. The molecule has 4 nitrogen and oxygen atoms in total. The minimum Gasteiger partial charge on any atom is -0.497 e. The van der Waals surface area contributed by atoms with Crippen LogP contribution in [-0.4, -0.2) is 25.4 Å². The van der Waals surface area contributed by atoms with Gasteiger partial charge < -0.3 is 15.8 Å². The molecule has 0 amide bonds. The lowest BCUT2D eigenvalue weighted by Crippen LogP contribution is -2.24. The first kappa shape index (κ1) is 15.7. The van der Waals surface area contributed by atoms with Gasteiger partial charge in [-0.05, 0) is 35.4 Å². The van der Waals surface area contributed by atoms with Gasteiger partial charge in [0.15, 0.2) is 5.96 Å². The molecule has 0 aromatic heterocycles. The van der Waals surface area contributed by atoms with Crippen molar-refractivity contribution in [3.05, 3.63) is 59.7 Å². The predicted octanol–water partition coefficient (Wildman–Crippen LogP) is 3.45. The van der Waals surface area contributed by atoms with Crippen molar-refractivity contribution in [1.29, 1.82) is 0 Å². The van der Waals surface area contributed by atoms with Gasteiger partial charge in [0.25, 0.3) is 0 Å². The zero-order valence-electron chi connectivity index (χ0n) is 13.2. The molecule has 1 heterocycles. The number of hydrogen-bond acceptors (Lipinski definition) is 3. The van der Waals surface area contributed by atoms with Crippen molar-refractivity contribution in [2.45, 2.75) is 11.7 Å². The SMILES string of the molecule is COc1cccc(NC(N)=NCC2SCCc3ccccc32)c1. The van der Waals surface area contributed by atoms with Gasteiger partial charge in [0.05, 0.1) is 13.7 Å². The number of rotatable bonds is 4. The molecule has 23 heavy (non-hydrogen) atoms. The number of guanidine groups is 1. The second kappa shape index (κ2) is 7.42. The van der Waals surface area contributed by atoms with Crippen LogP contribution in [0.5, 0.6) is 5.75 Å². The van der Waals surface area contributed by atoms with Crippen molar-refractivity contribution >= 4 is 23.4 Å². The molecule has 0 aliphatic carbocycles. The van der Waals surface area contributed by atoms with Crippen molar-refractivity contribution in [3.8, 4) is 5.75 Å². The number of anilines is 1. The van der Waals surface area contributed by atoms with E-state index in [1.165, 1.54) is 11.1 Å². The summed E-state index contributed by atoms with van der Waals surface area (Å²) in [4.78, 5) is 4.52. The normalized spacial score (nSPS) is 17.4. The van der Waals surface area contributed by atoms with Gasteiger partial charge in [0, 0.05) is 17.0 Å². The smallest absolute Gasteiger partial charge is 0.193 e. The molecule has 0 fully saturated rings. The molecule has 1 unspecified atom stereocenters. The summed E-state index contributed by atoms with van der Waals surface area (Å²) in [5.74, 6) is 2.36. The quantitative estimate of drug-likeness (QED) is 0.667. The van der Waals surface area contributed by atoms with Gasteiger partial charge in [-0.1, -0.05) is 30.3 Å². The van der Waals surface area contributed by atoms with Crippen molar-refractivity contribution in [2.75, 3.05) is 24.7 Å². The maximum atomic E-state index is 6.02. The lowest BCUT2D eigenvalue weighted by atomic mass is 10.0. The molecule has 0 saturated heterocycles. The van der Waals surface area contributed by atoms with Crippen LogP contribution in [0.25, 0.3) is 0 Å². The Balaban J connectivity index is 1.66. The Bertz CT molecular complexity index is 702. The predicted molar refractivity (Wildman–Crippen MR) is 98.5 cm³/mol. The summed E-state index contributed by atoms with van der Waals surface area (Å²) < 4.78 is 5.21. The highest BCUT2D eigenvalue weighted by Crippen LogP contribution is 2.36. The number of hydrogen-bond donors (Lipinski definition) is 2. The fourth-order valence-corrected chi connectivity index (χ4v) is 3.91. The molecule has 0 spiro atoms. The van der Waals surface area contributed by atoms with Crippen molar-refractivity contribution < 1.29 is 4.74 Å². The topological polar surface area (TPSA) is 59.6 Å². The first-order valence-electron chi connectivity index (χ1n) is 7.66. The van der Waals surface area contributed by atoms with E-state index in [1.54, 1.807) is 7.11 Å². The summed E-state index contributed by atoms with van der Waals surface area (Å²) >= 11 is 1.95. The maximum absolute atomic E-state index is 6.02. The van der Waals surface area contributed by atoms with Crippen LogP contribution in [0.1, 0.15) is 16.4 Å². The monoisotopic (exact) mass is 327 g/mol. The summed E-state index contributed by atoms with van der Waals surface area (Å²) in [6.07, 6.45) is 1.14. The minimum atomic E-state index is 0.380. The Labute approximate surface area is 141 Å². The molecule has 0 bridgehead atoms. The summed E-state index contributed by atoms with van der Waals surface area (Å²) in [6, 6.07) is 16.3. The van der Waals surface area contributed by atoms with Crippen LogP contribution in [0.2, 0.25) is 0 Å². The highest BCUT2D eigenvalue weighted by molar-refractivity contribution is 7.99. The van der Waals surface area contributed by atoms with Crippen LogP contribution in [0.15, 0.2) is 53.5 Å². The molecule has 120 valence electrons. The number of ether oxygens (including phenoxy) is 1. The van der Waals surface area contributed by atoms with Crippen LogP contribution in [0, 0.1) is 0 Å². The molecule has 2 aromatic rings. The van der Waals surface area contributed by atoms with E-state index in [0.29, 0.717) is 17.8 Å². The third kappa shape index (κ3) is 3.99. The van der Waals surface area contributed by atoms with Crippen LogP contribution < -0.4 is 15.8 Å². The van der Waals surface area contributed by atoms with E-state index in [4.69, 9.17) is 10.5 Å². The fourth-order valence-electron chi connectivity index (χ4n) is 2.70. The molecule has 2 aromatic carbocycles. The van der Waals surface area contributed by atoms with E-state index < -0.39 is 0 Å². The lowest BCUT2D eigenvalue weighted by molar-refractivity contribution is 0.415. The van der Waals surface area contributed by atoms with E-state index in [2.05, 4.69) is 34.6 Å². The lowest BCUT2D eigenvalue weighted by Gasteiger charge is -2.23. The van der Waals surface area contributed by atoms with E-state index in [0.717, 1.165) is 23.6 Å². The van der Waals surface area contributed by atoms with Crippen LogP contribution in [-0.2, 0) is 6.42 Å². The van der Waals surface area contributed by atoms with Crippen molar-refractivity contribution in [1.82, 2.24) is 0 Å². The summed E-state index contributed by atoms with van der Waals surface area (Å²) in [6.45, 7) is 0.685. The molecular weight excluding hydrogens is 306 g/mol. The summed E-state index contributed by atoms with van der Waals surface area (Å²) in [7, 11) is 1.65. The number of benzene rings is 2. The van der Waals surface area contributed by atoms with Gasteiger partial charge in [-0.15, -0.1) is 0 Å². The highest BCUT2D eigenvalue weighted by Gasteiger charge is 2.19. The van der Waals surface area contributed by atoms with Crippen molar-refractivity contribution in [3.63, 3.8) is 0 Å². The molecule has 0 radical (unpaired) electrons. The van der Waals surface area contributed by atoms with Gasteiger partial charge in [0.1, 0.15) is 5.75 Å². The van der Waals surface area contributed by atoms with Crippen LogP contribution in [0.3, 0.4) is 0 Å². The van der Waals surface area contributed by atoms with Gasteiger partial charge in [0.2, 0.25) is 0 Å². The minimum absolute atomic E-state index is 0.380. The van der Waals surface area contributed by atoms with E-state index in [1.807, 2.05) is 36.0 Å². The average Bonchev–Trinajstić information content (AvgIpc) is 2.60. The number of aryl methyl sites for hydroxylation is 1. The number of nitrogens with one attached hydrogen (secondary N) is 1. The molecule has 1 aliphatic rings. The molecule has 1 aliphatic heterocycles. The molecule has 0 saturated carbocycles. The Morgan fingerprint density at radius 2 is 2.17 bits per heavy atom. The van der Waals surface area contributed by atoms with Gasteiger partial charge in [-0.2, -0.15) is 11.8 Å². The number of nitrogens with zero attached hydrogens (tertiary/aromatic N) is 1. The number of aliphatic imine (C=N–C) groups is 1. The van der Waals surface area contributed by atoms with Crippen molar-refractivity contribution in [2.24, 2.45) is 10.7 Å². The second-order valence-corrected chi connectivity index (χ2v) is 6.70. The van der Waals surface area contributed by atoms with Crippen LogP contribution in [0.4, 0.5) is 5.69 Å². The summed E-state index contributed by atoms with van der Waals surface area (Å²) in [5.41, 5.74) is 9.73. The fraction of sp³-hybridized carbons (Fsp3) is 0.278. The first-order valence-corrected chi connectivity index (χ1v) is 8.71. The Morgan fingerprint density at radius 1 is 1.30 bits per heavy atom. The average molecular weight is 327 g/mol. The number of thioether (sulfide) groups is 1. The number of methoxy groups -OCH3 is 1. The second-order valence-electron chi connectivity index (χ2n) is 5.39. The Kier molecular flexibility index (Phi) is 5.08. The molecule has 5 heteroatoms. The first-order chi connectivity index (χ1) is 11.3. The van der Waals surface area contributed by atoms with Gasteiger partial charge >= 0.3 is 0 Å². The third-order valence-corrected chi connectivity index (χ3v) is 5.11. The number of fused-ring (bicyclic) bond motifs is 1. The molecule has 1 atom stereocenters. The van der Waals surface area contributed by atoms with Crippen LogP contribution >= 0.6 is 11.8 Å². The standard InChI is InChI=1S/C18H21N3OS/c1-22-15-7-4-6-14(11-15)21-18(19)20-12-17-16-8-3-2-5-13(16)9-10-23-17/h2-8,11,17H,9-10,12H2,1H3,(H3,19,20,21). The van der Waals surface area contributed by atoms with E-state index in [9.17, 15) is 0 Å². The number of nitrogens with two attached hydrogens (primary N) is 1. The molecule has 3 N–H and O–H groups in total. The molecular formula is C18H21N3OS. The Hall–Kier alpha value is -2.14. The van der Waals surface area contributed by atoms with Gasteiger partial charge in [-0.25, -0.2) is 0 Å². The van der Waals surface area contributed by atoms with E-state index >= 15 is 0 Å². The molecule has 3 rings (SSSR count). The largest absolute Gasteiger partial charge is 0.497 e. The zero-order chi connectivity index (χ0) is 16.1.